The highest BCUT2D eigenvalue weighted by atomic mass is 79.9. The van der Waals surface area contributed by atoms with E-state index in [9.17, 15) is 0 Å². The van der Waals surface area contributed by atoms with E-state index in [2.05, 4.69) is 46.4 Å². The molecule has 0 amide bonds. The Kier molecular flexibility index (Phi) is 4.56. The van der Waals surface area contributed by atoms with Crippen LogP contribution in [0.5, 0.6) is 0 Å². The van der Waals surface area contributed by atoms with Gasteiger partial charge in [0.1, 0.15) is 0 Å². The van der Waals surface area contributed by atoms with Gasteiger partial charge in [-0.05, 0) is 67.5 Å². The molecule has 0 aliphatic heterocycles. The second-order valence-corrected chi connectivity index (χ2v) is 7.05. The van der Waals surface area contributed by atoms with Gasteiger partial charge in [-0.2, -0.15) is 0 Å². The average molecular weight is 365 g/mol. The highest BCUT2D eigenvalue weighted by molar-refractivity contribution is 9.10. The lowest BCUT2D eigenvalue weighted by molar-refractivity contribution is 0.683. The van der Waals surface area contributed by atoms with Crippen molar-refractivity contribution < 1.29 is 0 Å². The summed E-state index contributed by atoms with van der Waals surface area (Å²) in [6.45, 7) is 2.18. The molecule has 21 heavy (non-hydrogen) atoms. The first-order valence-corrected chi connectivity index (χ1v) is 8.64. The number of nitrogens with one attached hydrogen (secondary N) is 1. The van der Waals surface area contributed by atoms with Crippen molar-refractivity contribution in [2.75, 3.05) is 5.32 Å². The molecule has 1 N–H and O–H groups in total. The van der Waals surface area contributed by atoms with Crippen molar-refractivity contribution in [3.63, 3.8) is 0 Å². The van der Waals surface area contributed by atoms with E-state index in [1.165, 1.54) is 42.4 Å². The maximum Gasteiger partial charge on any atom is 0.0648 e. The summed E-state index contributed by atoms with van der Waals surface area (Å²) >= 11 is 9.72. The smallest absolute Gasteiger partial charge is 0.0648 e. The molecule has 1 aliphatic carbocycles. The summed E-state index contributed by atoms with van der Waals surface area (Å²) < 4.78 is 1.000. The number of rotatable bonds is 3. The van der Waals surface area contributed by atoms with E-state index in [1.807, 2.05) is 18.2 Å². The summed E-state index contributed by atoms with van der Waals surface area (Å²) in [5.74, 6) is 0. The molecule has 0 aromatic heterocycles. The zero-order valence-electron chi connectivity index (χ0n) is 12.1. The van der Waals surface area contributed by atoms with E-state index in [4.69, 9.17) is 11.6 Å². The molecule has 1 aliphatic rings. The fourth-order valence-corrected chi connectivity index (χ4v) is 3.67. The molecule has 0 fully saturated rings. The van der Waals surface area contributed by atoms with E-state index >= 15 is 0 Å². The van der Waals surface area contributed by atoms with Crippen LogP contribution in [0.3, 0.4) is 0 Å². The third kappa shape index (κ3) is 3.44. The van der Waals surface area contributed by atoms with Gasteiger partial charge >= 0.3 is 0 Å². The van der Waals surface area contributed by atoms with Gasteiger partial charge in [-0.25, -0.2) is 0 Å². The Morgan fingerprint density at radius 2 is 1.81 bits per heavy atom. The molecule has 1 unspecified atom stereocenters. The Morgan fingerprint density at radius 3 is 2.57 bits per heavy atom. The van der Waals surface area contributed by atoms with E-state index in [-0.39, 0.29) is 6.04 Å². The van der Waals surface area contributed by atoms with E-state index in [0.717, 1.165) is 15.2 Å². The van der Waals surface area contributed by atoms with Crippen molar-refractivity contribution in [1.82, 2.24) is 0 Å². The van der Waals surface area contributed by atoms with Crippen LogP contribution in [0, 0.1) is 0 Å². The quantitative estimate of drug-likeness (QED) is 0.688. The number of hydrogen-bond acceptors (Lipinski definition) is 1. The van der Waals surface area contributed by atoms with Crippen molar-refractivity contribution in [2.45, 2.75) is 38.6 Å². The van der Waals surface area contributed by atoms with Crippen molar-refractivity contribution >= 4 is 33.2 Å². The van der Waals surface area contributed by atoms with Crippen molar-refractivity contribution in [3.05, 3.63) is 62.6 Å². The summed E-state index contributed by atoms with van der Waals surface area (Å²) in [4.78, 5) is 0. The number of benzene rings is 2. The first-order valence-electron chi connectivity index (χ1n) is 7.47. The van der Waals surface area contributed by atoms with Crippen molar-refractivity contribution in [3.8, 4) is 0 Å². The van der Waals surface area contributed by atoms with Crippen LogP contribution in [0.2, 0.25) is 5.02 Å². The predicted octanol–water partition coefficient (Wildman–Crippen LogP) is 6.15. The molecule has 110 valence electrons. The Balaban J connectivity index is 1.80. The fourth-order valence-electron chi connectivity index (χ4n) is 2.95. The van der Waals surface area contributed by atoms with Gasteiger partial charge in [-0.3, -0.25) is 0 Å². The third-order valence-corrected chi connectivity index (χ3v) is 4.98. The molecular weight excluding hydrogens is 346 g/mol. The molecule has 2 aromatic carbocycles. The van der Waals surface area contributed by atoms with Crippen LogP contribution in [0.25, 0.3) is 0 Å². The van der Waals surface area contributed by atoms with Gasteiger partial charge in [0.15, 0.2) is 0 Å². The second kappa shape index (κ2) is 6.41. The fraction of sp³-hybridized carbons (Fsp3) is 0.333. The van der Waals surface area contributed by atoms with Crippen LogP contribution in [0.4, 0.5) is 5.69 Å². The number of fused-ring (bicyclic) bond motifs is 1. The lowest BCUT2D eigenvalue weighted by Gasteiger charge is -2.21. The minimum absolute atomic E-state index is 0.246. The molecule has 0 bridgehead atoms. The maximum absolute atomic E-state index is 6.28. The second-order valence-electron chi connectivity index (χ2n) is 5.73. The van der Waals surface area contributed by atoms with Gasteiger partial charge < -0.3 is 5.32 Å². The first kappa shape index (κ1) is 14.9. The number of hydrogen-bond donors (Lipinski definition) is 1. The largest absolute Gasteiger partial charge is 0.377 e. The van der Waals surface area contributed by atoms with Crippen LogP contribution >= 0.6 is 27.5 Å². The molecule has 1 atom stereocenters. The minimum atomic E-state index is 0.246. The molecule has 0 heterocycles. The number of halogens is 2. The Labute approximate surface area is 139 Å². The van der Waals surface area contributed by atoms with Gasteiger partial charge in [0.2, 0.25) is 0 Å². The summed E-state index contributed by atoms with van der Waals surface area (Å²) in [6, 6.07) is 13.1. The van der Waals surface area contributed by atoms with Gasteiger partial charge in [-0.1, -0.05) is 45.7 Å². The molecule has 1 nitrogen and oxygen atoms in total. The highest BCUT2D eigenvalue weighted by Crippen LogP contribution is 2.30. The lowest BCUT2D eigenvalue weighted by Crippen LogP contribution is -2.09. The molecular formula is C18H19BrClN. The molecule has 0 saturated heterocycles. The van der Waals surface area contributed by atoms with Crippen LogP contribution in [-0.4, -0.2) is 0 Å². The zero-order valence-corrected chi connectivity index (χ0v) is 14.5. The summed E-state index contributed by atoms with van der Waals surface area (Å²) in [7, 11) is 0. The zero-order chi connectivity index (χ0) is 14.8. The average Bonchev–Trinajstić information content (AvgIpc) is 2.49. The summed E-state index contributed by atoms with van der Waals surface area (Å²) in [6.07, 6.45) is 5.09. The lowest BCUT2D eigenvalue weighted by atomic mass is 9.89. The molecule has 3 heteroatoms. The molecule has 2 aromatic rings. The number of anilines is 1. The normalized spacial score (nSPS) is 15.4. The monoisotopic (exact) mass is 363 g/mol. The van der Waals surface area contributed by atoms with E-state index in [1.54, 1.807) is 0 Å². The molecule has 0 saturated carbocycles. The van der Waals surface area contributed by atoms with Gasteiger partial charge in [0.05, 0.1) is 10.7 Å². The van der Waals surface area contributed by atoms with Gasteiger partial charge in [-0.15, -0.1) is 0 Å². The Morgan fingerprint density at radius 1 is 1.05 bits per heavy atom. The van der Waals surface area contributed by atoms with Gasteiger partial charge in [0.25, 0.3) is 0 Å². The molecule has 3 rings (SSSR count). The topological polar surface area (TPSA) is 12.0 Å². The maximum atomic E-state index is 6.28. The van der Waals surface area contributed by atoms with Crippen LogP contribution in [-0.2, 0) is 12.8 Å². The van der Waals surface area contributed by atoms with Crippen molar-refractivity contribution in [2.24, 2.45) is 0 Å². The molecule has 0 radical (unpaired) electrons. The number of aryl methyl sites for hydroxylation is 2. The summed E-state index contributed by atoms with van der Waals surface area (Å²) in [5.41, 5.74) is 5.35. The Hall–Kier alpha value is -0.990. The standard InChI is InChI=1S/C18H19BrClN/c1-12(21-18-9-8-16(19)11-17(18)20)14-7-6-13-4-2-3-5-15(13)10-14/h6-12,21H,2-5H2,1H3. The first-order chi connectivity index (χ1) is 10.1. The predicted molar refractivity (Wildman–Crippen MR) is 94.3 cm³/mol. The third-order valence-electron chi connectivity index (χ3n) is 4.18. The van der Waals surface area contributed by atoms with Gasteiger partial charge in [0, 0.05) is 10.5 Å². The highest BCUT2D eigenvalue weighted by Gasteiger charge is 2.13. The minimum Gasteiger partial charge on any atom is -0.377 e. The summed E-state index contributed by atoms with van der Waals surface area (Å²) in [5, 5.41) is 4.25. The SMILES string of the molecule is CC(Nc1ccc(Br)cc1Cl)c1ccc2c(c1)CCCC2. The Bertz CT molecular complexity index is 654. The van der Waals surface area contributed by atoms with E-state index in [0.29, 0.717) is 0 Å². The van der Waals surface area contributed by atoms with Crippen molar-refractivity contribution in [1.29, 1.82) is 0 Å². The molecule has 0 spiro atoms. The van der Waals surface area contributed by atoms with Crippen LogP contribution in [0.1, 0.15) is 42.5 Å². The van der Waals surface area contributed by atoms with E-state index < -0.39 is 0 Å². The van der Waals surface area contributed by atoms with Crippen LogP contribution < -0.4 is 5.32 Å². The van der Waals surface area contributed by atoms with Crippen LogP contribution in [0.15, 0.2) is 40.9 Å².